The predicted molar refractivity (Wildman–Crippen MR) is 111 cm³/mol. The summed E-state index contributed by atoms with van der Waals surface area (Å²) in [5, 5.41) is 12.4. The van der Waals surface area contributed by atoms with Crippen LogP contribution in [0.15, 0.2) is 41.3 Å². The number of nitrogens with two attached hydrogens (primary N) is 1. The predicted octanol–water partition coefficient (Wildman–Crippen LogP) is 2.79. The summed E-state index contributed by atoms with van der Waals surface area (Å²) < 4.78 is 3.28. The van der Waals surface area contributed by atoms with Gasteiger partial charge in [0.05, 0.1) is 17.4 Å². The highest BCUT2D eigenvalue weighted by molar-refractivity contribution is 5.86. The first-order chi connectivity index (χ1) is 13.5. The van der Waals surface area contributed by atoms with Crippen molar-refractivity contribution in [2.75, 3.05) is 16.4 Å². The molecule has 1 aliphatic rings. The molecule has 4 aromatic rings. The van der Waals surface area contributed by atoms with Crippen LogP contribution in [0.2, 0.25) is 0 Å². The lowest BCUT2D eigenvalue weighted by Gasteiger charge is -2.13. The summed E-state index contributed by atoms with van der Waals surface area (Å²) in [6.07, 6.45) is 3.93. The summed E-state index contributed by atoms with van der Waals surface area (Å²) in [5.41, 5.74) is 10.3. The average Bonchev–Trinajstić information content (AvgIpc) is 3.41. The van der Waals surface area contributed by atoms with E-state index in [1.165, 1.54) is 0 Å². The molecule has 5 rings (SSSR count). The van der Waals surface area contributed by atoms with Gasteiger partial charge in [0.15, 0.2) is 11.5 Å². The molecule has 0 spiro atoms. The summed E-state index contributed by atoms with van der Waals surface area (Å²) in [4.78, 5) is 16.5. The number of fused-ring (bicyclic) bond motifs is 2. The normalized spacial score (nSPS) is 13.9. The molecule has 1 aromatic carbocycles. The largest absolute Gasteiger partial charge is 0.382 e. The van der Waals surface area contributed by atoms with Crippen molar-refractivity contribution in [3.8, 4) is 0 Å². The van der Waals surface area contributed by atoms with Crippen LogP contribution in [0.25, 0.3) is 16.6 Å². The summed E-state index contributed by atoms with van der Waals surface area (Å²) in [5.74, 6) is 1.13. The number of pyridine rings is 1. The van der Waals surface area contributed by atoms with Crippen LogP contribution < -0.4 is 21.9 Å². The summed E-state index contributed by atoms with van der Waals surface area (Å²) >= 11 is 0. The molecule has 3 heterocycles. The minimum absolute atomic E-state index is 0.0243. The van der Waals surface area contributed by atoms with E-state index >= 15 is 0 Å². The smallest absolute Gasteiger partial charge is 0.251 e. The Hall–Kier alpha value is -3.55. The van der Waals surface area contributed by atoms with Gasteiger partial charge in [-0.1, -0.05) is 6.07 Å². The zero-order valence-electron chi connectivity index (χ0n) is 15.7. The minimum Gasteiger partial charge on any atom is -0.382 e. The number of anilines is 4. The van der Waals surface area contributed by atoms with Crippen LogP contribution in [-0.4, -0.2) is 25.2 Å². The summed E-state index contributed by atoms with van der Waals surface area (Å²) in [7, 11) is 1.78. The summed E-state index contributed by atoms with van der Waals surface area (Å²) in [6, 6.07) is 10.0. The van der Waals surface area contributed by atoms with Crippen molar-refractivity contribution in [1.82, 2.24) is 19.2 Å². The number of nitrogens with zero attached hydrogens (tertiary/aromatic N) is 4. The van der Waals surface area contributed by atoms with Crippen molar-refractivity contribution in [2.45, 2.75) is 25.8 Å². The number of nitrogen functional groups attached to an aromatic ring is 1. The highest BCUT2D eigenvalue weighted by atomic mass is 16.1. The molecule has 8 nitrogen and oxygen atoms in total. The minimum atomic E-state index is -0.0243. The topological polar surface area (TPSA) is 102 Å². The van der Waals surface area contributed by atoms with E-state index < -0.39 is 0 Å². The fourth-order valence-electron chi connectivity index (χ4n) is 3.45. The molecule has 0 atom stereocenters. The second-order valence-electron chi connectivity index (χ2n) is 7.36. The van der Waals surface area contributed by atoms with E-state index in [1.54, 1.807) is 28.4 Å². The molecule has 8 heteroatoms. The molecule has 0 bridgehead atoms. The molecular weight excluding hydrogens is 354 g/mol. The maximum atomic E-state index is 12.1. The lowest BCUT2D eigenvalue weighted by Crippen LogP contribution is -2.16. The standard InChI is InChI=1S/C20H21N7O/c1-11-7-19(28)26(2)16-8-13(5-6-14(11)16)24-18-9-15(23-12-3-4-12)20-22-10-17(21)27(20)25-18/h5-10,12,23H,3-4,21H2,1-2H3,(H,24,25). The first kappa shape index (κ1) is 16.6. The van der Waals surface area contributed by atoms with E-state index in [0.29, 0.717) is 23.3 Å². The Balaban J connectivity index is 1.58. The van der Waals surface area contributed by atoms with Crippen molar-refractivity contribution in [3.05, 3.63) is 52.4 Å². The number of aromatic nitrogens is 4. The molecule has 1 aliphatic carbocycles. The van der Waals surface area contributed by atoms with Crippen molar-refractivity contribution < 1.29 is 0 Å². The molecule has 28 heavy (non-hydrogen) atoms. The van der Waals surface area contributed by atoms with E-state index in [0.717, 1.165) is 40.7 Å². The number of nitrogens with one attached hydrogen (secondary N) is 2. The first-order valence-electron chi connectivity index (χ1n) is 9.28. The van der Waals surface area contributed by atoms with Gasteiger partial charge in [-0.05, 0) is 37.5 Å². The van der Waals surface area contributed by atoms with E-state index in [1.807, 2.05) is 31.2 Å². The Bertz CT molecular complexity index is 1280. The number of benzene rings is 1. The van der Waals surface area contributed by atoms with Gasteiger partial charge in [-0.2, -0.15) is 4.52 Å². The first-order valence-corrected chi connectivity index (χ1v) is 9.28. The van der Waals surface area contributed by atoms with Gasteiger partial charge in [-0.25, -0.2) is 4.98 Å². The molecule has 0 saturated heterocycles. The number of hydrogen-bond donors (Lipinski definition) is 3. The third-order valence-electron chi connectivity index (χ3n) is 5.16. The lowest BCUT2D eigenvalue weighted by molar-refractivity contribution is 0.903. The third kappa shape index (κ3) is 2.74. The van der Waals surface area contributed by atoms with Crippen LogP contribution in [0.4, 0.5) is 23.0 Å². The molecular formula is C20H21N7O. The SMILES string of the molecule is Cc1cc(=O)n(C)c2cc(Nc3cc(NC4CC4)c4ncc(N)n4n3)ccc12. The van der Waals surface area contributed by atoms with E-state index in [9.17, 15) is 4.79 Å². The van der Waals surface area contributed by atoms with Crippen LogP contribution in [0.3, 0.4) is 0 Å². The Morgan fingerprint density at radius 3 is 2.82 bits per heavy atom. The molecule has 0 aliphatic heterocycles. The molecule has 3 aromatic heterocycles. The summed E-state index contributed by atoms with van der Waals surface area (Å²) in [6.45, 7) is 1.95. The molecule has 0 unspecified atom stereocenters. The van der Waals surface area contributed by atoms with Gasteiger partial charge in [-0.3, -0.25) is 4.79 Å². The van der Waals surface area contributed by atoms with Crippen molar-refractivity contribution in [1.29, 1.82) is 0 Å². The Kier molecular flexibility index (Phi) is 3.55. The fourth-order valence-corrected chi connectivity index (χ4v) is 3.45. The number of aryl methyl sites for hydroxylation is 2. The Morgan fingerprint density at radius 1 is 1.21 bits per heavy atom. The van der Waals surface area contributed by atoms with Crippen LogP contribution in [-0.2, 0) is 7.05 Å². The molecule has 1 saturated carbocycles. The highest BCUT2D eigenvalue weighted by Crippen LogP contribution is 2.30. The Labute approximate surface area is 161 Å². The van der Waals surface area contributed by atoms with Crippen molar-refractivity contribution in [2.24, 2.45) is 7.05 Å². The van der Waals surface area contributed by atoms with Crippen LogP contribution in [0.5, 0.6) is 0 Å². The van der Waals surface area contributed by atoms with E-state index in [4.69, 9.17) is 5.73 Å². The zero-order chi connectivity index (χ0) is 19.4. The second-order valence-corrected chi connectivity index (χ2v) is 7.36. The van der Waals surface area contributed by atoms with E-state index in [2.05, 4.69) is 20.7 Å². The highest BCUT2D eigenvalue weighted by Gasteiger charge is 2.23. The molecule has 0 radical (unpaired) electrons. The van der Waals surface area contributed by atoms with Gasteiger partial charge in [0.2, 0.25) is 0 Å². The number of hydrogen-bond acceptors (Lipinski definition) is 6. The van der Waals surface area contributed by atoms with Crippen molar-refractivity contribution >= 4 is 39.6 Å². The van der Waals surface area contributed by atoms with Gasteiger partial charge >= 0.3 is 0 Å². The van der Waals surface area contributed by atoms with Crippen LogP contribution >= 0.6 is 0 Å². The molecule has 0 amide bonds. The Morgan fingerprint density at radius 2 is 2.04 bits per heavy atom. The molecule has 1 fully saturated rings. The third-order valence-corrected chi connectivity index (χ3v) is 5.16. The van der Waals surface area contributed by atoms with Gasteiger partial charge in [-0.15, -0.1) is 5.10 Å². The van der Waals surface area contributed by atoms with Gasteiger partial charge in [0, 0.05) is 36.3 Å². The molecule has 4 N–H and O–H groups in total. The number of imidazole rings is 1. The van der Waals surface area contributed by atoms with E-state index in [-0.39, 0.29) is 5.56 Å². The van der Waals surface area contributed by atoms with Crippen LogP contribution in [0, 0.1) is 6.92 Å². The van der Waals surface area contributed by atoms with Crippen LogP contribution in [0.1, 0.15) is 18.4 Å². The maximum Gasteiger partial charge on any atom is 0.251 e. The number of rotatable bonds is 4. The van der Waals surface area contributed by atoms with Gasteiger partial charge in [0.1, 0.15) is 5.82 Å². The van der Waals surface area contributed by atoms with Gasteiger partial charge < -0.3 is 20.9 Å². The fraction of sp³-hybridized carbons (Fsp3) is 0.250. The monoisotopic (exact) mass is 375 g/mol. The average molecular weight is 375 g/mol. The quantitative estimate of drug-likeness (QED) is 0.507. The lowest BCUT2D eigenvalue weighted by atomic mass is 10.1. The maximum absolute atomic E-state index is 12.1. The second kappa shape index (κ2) is 5.98. The van der Waals surface area contributed by atoms with Crippen molar-refractivity contribution in [3.63, 3.8) is 0 Å². The zero-order valence-corrected chi connectivity index (χ0v) is 15.7. The van der Waals surface area contributed by atoms with Gasteiger partial charge in [0.25, 0.3) is 5.56 Å². The molecule has 142 valence electrons.